The molecule has 1 aliphatic rings. The van der Waals surface area contributed by atoms with Crippen molar-refractivity contribution < 1.29 is 13.6 Å². The van der Waals surface area contributed by atoms with Gasteiger partial charge in [-0.05, 0) is 12.8 Å². The van der Waals surface area contributed by atoms with Crippen LogP contribution in [0.2, 0.25) is 0 Å². The Morgan fingerprint density at radius 3 is 2.56 bits per heavy atom. The first-order valence-electron chi connectivity index (χ1n) is 2.60. The quantitative estimate of drug-likeness (QED) is 0.527. The van der Waals surface area contributed by atoms with Crippen molar-refractivity contribution in [1.82, 2.24) is 4.72 Å². The molecule has 1 saturated carbocycles. The molecule has 1 atom stereocenters. The molecule has 0 radical (unpaired) electrons. The molecule has 1 N–H and O–H groups in total. The molecular weight excluding hydrogens is 142 g/mol. The van der Waals surface area contributed by atoms with E-state index in [1.807, 2.05) is 0 Å². The topological polar surface area (TPSA) is 69.2 Å². The van der Waals surface area contributed by atoms with Gasteiger partial charge in [-0.2, -0.15) is 0 Å². The van der Waals surface area contributed by atoms with Crippen molar-refractivity contribution in [2.24, 2.45) is 5.92 Å². The molecule has 4 nitrogen and oxygen atoms in total. The van der Waals surface area contributed by atoms with Crippen LogP contribution < -0.4 is 4.72 Å². The zero-order valence-corrected chi connectivity index (χ0v) is 5.44. The minimum atomic E-state index is -2.43. The molecule has 1 aliphatic carbocycles. The minimum absolute atomic E-state index is 0.0390. The van der Waals surface area contributed by atoms with E-state index in [1.165, 1.54) is 0 Å². The standard InChI is InChI=1S/C4H7NO3S/c6-4(3-1-2-3)5-9(7)8/h3H,1-2H2,(H,5,6)(H,7,8)/p-1. The molecule has 0 bridgehead atoms. The van der Waals surface area contributed by atoms with Gasteiger partial charge in [0.25, 0.3) is 0 Å². The Hall–Kier alpha value is -0.420. The van der Waals surface area contributed by atoms with Crippen LogP contribution >= 0.6 is 0 Å². The molecule has 0 heterocycles. The van der Waals surface area contributed by atoms with E-state index in [1.54, 1.807) is 4.72 Å². The fourth-order valence-electron chi connectivity index (χ4n) is 0.511. The van der Waals surface area contributed by atoms with Crippen LogP contribution in [0, 0.1) is 5.92 Å². The van der Waals surface area contributed by atoms with Gasteiger partial charge in [0.2, 0.25) is 5.91 Å². The second-order valence-electron chi connectivity index (χ2n) is 1.98. The Kier molecular flexibility index (Phi) is 1.82. The molecular formula is C4H6NO3S-. The van der Waals surface area contributed by atoms with Crippen LogP contribution in [-0.2, 0) is 16.1 Å². The van der Waals surface area contributed by atoms with Crippen molar-refractivity contribution in [3.63, 3.8) is 0 Å². The number of hydrogen-bond donors (Lipinski definition) is 1. The third-order valence-corrected chi connectivity index (χ3v) is 1.50. The summed E-state index contributed by atoms with van der Waals surface area (Å²) in [5, 5.41) is 0. The van der Waals surface area contributed by atoms with Gasteiger partial charge in [0.1, 0.15) is 0 Å². The summed E-state index contributed by atoms with van der Waals surface area (Å²) in [6.07, 6.45) is 1.64. The molecule has 0 aromatic heterocycles. The maximum absolute atomic E-state index is 10.5. The summed E-state index contributed by atoms with van der Waals surface area (Å²) in [4.78, 5) is 10.5. The smallest absolute Gasteiger partial charge is 0.233 e. The molecule has 0 aliphatic heterocycles. The Bertz CT molecular complexity index is 154. The zero-order chi connectivity index (χ0) is 6.85. The first-order chi connectivity index (χ1) is 4.20. The molecule has 1 unspecified atom stereocenters. The van der Waals surface area contributed by atoms with Crippen LogP contribution in [0.4, 0.5) is 0 Å². The zero-order valence-electron chi connectivity index (χ0n) is 4.62. The van der Waals surface area contributed by atoms with Gasteiger partial charge in [-0.1, -0.05) is 0 Å². The maximum atomic E-state index is 10.5. The summed E-state index contributed by atoms with van der Waals surface area (Å²) in [7, 11) is 0. The Morgan fingerprint density at radius 2 is 2.22 bits per heavy atom. The van der Waals surface area contributed by atoms with E-state index in [4.69, 9.17) is 0 Å². The lowest BCUT2D eigenvalue weighted by atomic mass is 10.4. The summed E-state index contributed by atoms with van der Waals surface area (Å²) >= 11 is -2.43. The molecule has 52 valence electrons. The van der Waals surface area contributed by atoms with Crippen molar-refractivity contribution in [1.29, 1.82) is 0 Å². The first kappa shape index (κ1) is 6.70. The summed E-state index contributed by atoms with van der Waals surface area (Å²) < 4.78 is 21.4. The number of carbonyl (C=O) groups is 1. The number of nitrogens with one attached hydrogen (secondary N) is 1. The Balaban J connectivity index is 2.26. The highest BCUT2D eigenvalue weighted by atomic mass is 32.2. The van der Waals surface area contributed by atoms with Gasteiger partial charge >= 0.3 is 0 Å². The summed E-state index contributed by atoms with van der Waals surface area (Å²) in [5.74, 6) is -0.411. The van der Waals surface area contributed by atoms with E-state index in [0.29, 0.717) is 0 Å². The van der Waals surface area contributed by atoms with Gasteiger partial charge in [0, 0.05) is 17.2 Å². The molecule has 1 amide bonds. The van der Waals surface area contributed by atoms with Crippen molar-refractivity contribution >= 4 is 17.2 Å². The van der Waals surface area contributed by atoms with Gasteiger partial charge in [0.05, 0.1) is 0 Å². The monoisotopic (exact) mass is 148 g/mol. The SMILES string of the molecule is O=C(NS(=O)[O-])C1CC1. The average molecular weight is 148 g/mol. The third kappa shape index (κ3) is 2.11. The van der Waals surface area contributed by atoms with Gasteiger partial charge < -0.3 is 4.55 Å². The van der Waals surface area contributed by atoms with Crippen molar-refractivity contribution in [2.45, 2.75) is 12.8 Å². The van der Waals surface area contributed by atoms with Gasteiger partial charge in [-0.25, -0.2) is 0 Å². The lowest BCUT2D eigenvalue weighted by Crippen LogP contribution is -2.26. The maximum Gasteiger partial charge on any atom is 0.233 e. The predicted molar refractivity (Wildman–Crippen MR) is 29.8 cm³/mol. The van der Waals surface area contributed by atoms with Crippen LogP contribution in [0.25, 0.3) is 0 Å². The lowest BCUT2D eigenvalue weighted by Gasteiger charge is -2.04. The molecule has 9 heavy (non-hydrogen) atoms. The van der Waals surface area contributed by atoms with E-state index in [2.05, 4.69) is 0 Å². The lowest BCUT2D eigenvalue weighted by molar-refractivity contribution is -0.120. The van der Waals surface area contributed by atoms with Crippen molar-refractivity contribution in [2.75, 3.05) is 0 Å². The molecule has 1 rings (SSSR count). The normalized spacial score (nSPS) is 21.0. The van der Waals surface area contributed by atoms with Crippen molar-refractivity contribution in [3.05, 3.63) is 0 Å². The molecule has 0 spiro atoms. The number of hydrogen-bond acceptors (Lipinski definition) is 3. The van der Waals surface area contributed by atoms with Gasteiger partial charge in [0.15, 0.2) is 0 Å². The highest BCUT2D eigenvalue weighted by Crippen LogP contribution is 2.28. The highest BCUT2D eigenvalue weighted by molar-refractivity contribution is 7.77. The van der Waals surface area contributed by atoms with Gasteiger partial charge in [-0.15, -0.1) is 0 Å². The van der Waals surface area contributed by atoms with Gasteiger partial charge in [-0.3, -0.25) is 13.7 Å². The van der Waals surface area contributed by atoms with Crippen LogP contribution in [0.5, 0.6) is 0 Å². The van der Waals surface area contributed by atoms with Crippen LogP contribution in [-0.4, -0.2) is 14.7 Å². The second kappa shape index (κ2) is 2.45. The van der Waals surface area contributed by atoms with E-state index in [-0.39, 0.29) is 11.8 Å². The molecule has 0 aromatic carbocycles. The molecule has 0 saturated heterocycles. The fourth-order valence-corrected chi connectivity index (χ4v) is 0.842. The van der Waals surface area contributed by atoms with Crippen LogP contribution in [0.1, 0.15) is 12.8 Å². The van der Waals surface area contributed by atoms with E-state index < -0.39 is 11.3 Å². The van der Waals surface area contributed by atoms with Crippen LogP contribution in [0.15, 0.2) is 0 Å². The fraction of sp³-hybridized carbons (Fsp3) is 0.750. The number of rotatable bonds is 2. The number of carbonyl (C=O) groups excluding carboxylic acids is 1. The highest BCUT2D eigenvalue weighted by Gasteiger charge is 2.29. The summed E-state index contributed by atoms with van der Waals surface area (Å²) in [6.45, 7) is 0. The van der Waals surface area contributed by atoms with E-state index in [9.17, 15) is 13.6 Å². The van der Waals surface area contributed by atoms with Crippen molar-refractivity contribution in [3.8, 4) is 0 Å². The molecule has 0 aromatic rings. The summed E-state index contributed by atoms with van der Waals surface area (Å²) in [5.41, 5.74) is 0. The minimum Gasteiger partial charge on any atom is -0.755 e. The summed E-state index contributed by atoms with van der Waals surface area (Å²) in [6, 6.07) is 0. The Labute approximate surface area is 55.1 Å². The number of amides is 1. The van der Waals surface area contributed by atoms with Crippen LogP contribution in [0.3, 0.4) is 0 Å². The Morgan fingerprint density at radius 1 is 1.67 bits per heavy atom. The largest absolute Gasteiger partial charge is 0.755 e. The predicted octanol–water partition coefficient (Wildman–Crippen LogP) is -0.693. The first-order valence-corrected chi connectivity index (χ1v) is 3.67. The second-order valence-corrected chi connectivity index (χ2v) is 2.65. The molecule has 1 fully saturated rings. The third-order valence-electron chi connectivity index (χ3n) is 1.13. The average Bonchev–Trinajstić information content (AvgIpc) is 2.40. The van der Waals surface area contributed by atoms with E-state index in [0.717, 1.165) is 12.8 Å². The molecule has 5 heteroatoms. The van der Waals surface area contributed by atoms with E-state index >= 15 is 0 Å².